The van der Waals surface area contributed by atoms with Gasteiger partial charge in [0.25, 0.3) is 0 Å². The Labute approximate surface area is 117 Å². The Kier molecular flexibility index (Phi) is 2.83. The normalized spacial score (nSPS) is 11.2. The molecule has 3 heterocycles. The standard InChI is InChI=1S/C12H11BrN4S/c1-7-4-9-11(15-5-7)17(12(14)16-9)6-10-8(13)2-3-18-10/h2-5H,6H2,1H3,(H2,14,16). The lowest BCUT2D eigenvalue weighted by Crippen LogP contribution is -2.04. The molecular weight excluding hydrogens is 312 g/mol. The molecule has 3 aromatic rings. The molecule has 0 radical (unpaired) electrons. The van der Waals surface area contributed by atoms with Crippen LogP contribution in [0.15, 0.2) is 28.2 Å². The number of thiophene rings is 1. The van der Waals surface area contributed by atoms with Crippen LogP contribution in [0.1, 0.15) is 10.4 Å². The second kappa shape index (κ2) is 4.37. The van der Waals surface area contributed by atoms with Crippen molar-refractivity contribution >= 4 is 44.4 Å². The number of rotatable bonds is 2. The maximum atomic E-state index is 5.97. The lowest BCUT2D eigenvalue weighted by molar-refractivity contribution is 0.838. The first-order chi connectivity index (χ1) is 8.65. The highest BCUT2D eigenvalue weighted by Crippen LogP contribution is 2.26. The highest BCUT2D eigenvalue weighted by Gasteiger charge is 2.11. The SMILES string of the molecule is Cc1cnc2c(c1)nc(N)n2Cc1sccc1Br. The number of nitrogens with zero attached hydrogens (tertiary/aromatic N) is 3. The zero-order valence-electron chi connectivity index (χ0n) is 9.72. The molecule has 0 bridgehead atoms. The number of anilines is 1. The van der Waals surface area contributed by atoms with Crippen LogP contribution in [0.25, 0.3) is 11.2 Å². The van der Waals surface area contributed by atoms with E-state index >= 15 is 0 Å². The molecule has 0 spiro atoms. The second-order valence-electron chi connectivity index (χ2n) is 4.10. The minimum absolute atomic E-state index is 0.503. The van der Waals surface area contributed by atoms with Crippen molar-refractivity contribution in [3.63, 3.8) is 0 Å². The monoisotopic (exact) mass is 322 g/mol. The van der Waals surface area contributed by atoms with Gasteiger partial charge in [-0.3, -0.25) is 4.57 Å². The summed E-state index contributed by atoms with van der Waals surface area (Å²) >= 11 is 5.22. The van der Waals surface area contributed by atoms with Gasteiger partial charge in [0.05, 0.1) is 6.54 Å². The quantitative estimate of drug-likeness (QED) is 0.788. The second-order valence-corrected chi connectivity index (χ2v) is 5.96. The Morgan fingerprint density at radius 1 is 1.50 bits per heavy atom. The summed E-state index contributed by atoms with van der Waals surface area (Å²) in [5, 5.41) is 2.05. The molecule has 0 saturated heterocycles. The Balaban J connectivity index is 2.11. The van der Waals surface area contributed by atoms with Crippen LogP contribution >= 0.6 is 27.3 Å². The first-order valence-electron chi connectivity index (χ1n) is 5.45. The third-order valence-corrected chi connectivity index (χ3v) is 4.66. The van der Waals surface area contributed by atoms with Gasteiger partial charge in [0.1, 0.15) is 5.52 Å². The van der Waals surface area contributed by atoms with Gasteiger partial charge < -0.3 is 5.73 Å². The number of pyridine rings is 1. The van der Waals surface area contributed by atoms with Crippen LogP contribution in [0.2, 0.25) is 0 Å². The van der Waals surface area contributed by atoms with Crippen molar-refractivity contribution in [2.24, 2.45) is 0 Å². The molecule has 0 aromatic carbocycles. The molecule has 2 N–H and O–H groups in total. The van der Waals surface area contributed by atoms with E-state index in [1.165, 1.54) is 4.88 Å². The van der Waals surface area contributed by atoms with Gasteiger partial charge in [0.15, 0.2) is 5.65 Å². The number of hydrogen-bond donors (Lipinski definition) is 1. The van der Waals surface area contributed by atoms with Crippen LogP contribution in [0.5, 0.6) is 0 Å². The predicted molar refractivity (Wildman–Crippen MR) is 77.8 cm³/mol. The number of nitrogen functional groups attached to an aromatic ring is 1. The molecule has 0 unspecified atom stereocenters. The van der Waals surface area contributed by atoms with Gasteiger partial charge in [-0.1, -0.05) is 0 Å². The highest BCUT2D eigenvalue weighted by atomic mass is 79.9. The van der Waals surface area contributed by atoms with Crippen LogP contribution in [-0.2, 0) is 6.54 Å². The van der Waals surface area contributed by atoms with Gasteiger partial charge >= 0.3 is 0 Å². The van der Waals surface area contributed by atoms with Gasteiger partial charge in [-0.05, 0) is 45.9 Å². The summed E-state index contributed by atoms with van der Waals surface area (Å²) in [6, 6.07) is 4.03. The molecule has 0 aliphatic rings. The molecule has 0 saturated carbocycles. The van der Waals surface area contributed by atoms with Crippen LogP contribution in [0.3, 0.4) is 0 Å². The molecule has 0 aliphatic heterocycles. The minimum Gasteiger partial charge on any atom is -0.369 e. The fraction of sp³-hybridized carbons (Fsp3) is 0.167. The van der Waals surface area contributed by atoms with E-state index < -0.39 is 0 Å². The van der Waals surface area contributed by atoms with Crippen LogP contribution in [0.4, 0.5) is 5.95 Å². The van der Waals surface area contributed by atoms with Gasteiger partial charge in [-0.15, -0.1) is 11.3 Å². The fourth-order valence-corrected chi connectivity index (χ4v) is 3.33. The van der Waals surface area contributed by atoms with Crippen molar-refractivity contribution < 1.29 is 0 Å². The molecule has 3 rings (SSSR count). The van der Waals surface area contributed by atoms with Crippen molar-refractivity contribution in [3.05, 3.63) is 38.6 Å². The molecule has 0 aliphatic carbocycles. The van der Waals surface area contributed by atoms with E-state index in [2.05, 4.69) is 25.9 Å². The lowest BCUT2D eigenvalue weighted by atomic mass is 10.3. The Morgan fingerprint density at radius 3 is 3.06 bits per heavy atom. The van der Waals surface area contributed by atoms with E-state index in [0.717, 1.165) is 21.2 Å². The number of fused-ring (bicyclic) bond motifs is 1. The van der Waals surface area contributed by atoms with E-state index in [1.807, 2.05) is 35.2 Å². The van der Waals surface area contributed by atoms with Crippen LogP contribution in [0, 0.1) is 6.92 Å². The first-order valence-corrected chi connectivity index (χ1v) is 7.12. The topological polar surface area (TPSA) is 56.7 Å². The summed E-state index contributed by atoms with van der Waals surface area (Å²) in [6.07, 6.45) is 1.84. The summed E-state index contributed by atoms with van der Waals surface area (Å²) in [5.41, 5.74) is 8.74. The van der Waals surface area contributed by atoms with Crippen molar-refractivity contribution in [3.8, 4) is 0 Å². The van der Waals surface area contributed by atoms with E-state index in [-0.39, 0.29) is 0 Å². The summed E-state index contributed by atoms with van der Waals surface area (Å²) < 4.78 is 3.03. The summed E-state index contributed by atoms with van der Waals surface area (Å²) in [6.45, 7) is 2.69. The van der Waals surface area contributed by atoms with Crippen molar-refractivity contribution in [2.75, 3.05) is 5.73 Å². The summed E-state index contributed by atoms with van der Waals surface area (Å²) in [5.74, 6) is 0.503. The maximum Gasteiger partial charge on any atom is 0.202 e. The number of aryl methyl sites for hydroxylation is 1. The molecule has 0 atom stereocenters. The number of imidazole rings is 1. The number of aromatic nitrogens is 3. The Hall–Kier alpha value is -1.40. The predicted octanol–water partition coefficient (Wildman–Crippen LogP) is 3.19. The third kappa shape index (κ3) is 1.91. The summed E-state index contributed by atoms with van der Waals surface area (Å²) in [4.78, 5) is 9.98. The van der Waals surface area contributed by atoms with E-state index in [1.54, 1.807) is 11.3 Å². The molecule has 0 fully saturated rings. The van der Waals surface area contributed by atoms with Gasteiger partial charge in [-0.2, -0.15) is 0 Å². The average Bonchev–Trinajstić information content (AvgIpc) is 2.85. The number of halogens is 1. The number of hydrogen-bond acceptors (Lipinski definition) is 4. The van der Waals surface area contributed by atoms with Crippen LogP contribution in [-0.4, -0.2) is 14.5 Å². The lowest BCUT2D eigenvalue weighted by Gasteiger charge is -2.04. The van der Waals surface area contributed by atoms with Crippen LogP contribution < -0.4 is 5.73 Å². The Bertz CT molecular complexity index is 716. The van der Waals surface area contributed by atoms with Crippen molar-refractivity contribution in [1.29, 1.82) is 0 Å². The zero-order valence-corrected chi connectivity index (χ0v) is 12.1. The van der Waals surface area contributed by atoms with Gasteiger partial charge in [0.2, 0.25) is 5.95 Å². The molecule has 3 aromatic heterocycles. The number of nitrogens with two attached hydrogens (primary N) is 1. The van der Waals surface area contributed by atoms with Crippen molar-refractivity contribution in [1.82, 2.24) is 14.5 Å². The van der Waals surface area contributed by atoms with Gasteiger partial charge in [0, 0.05) is 15.5 Å². The summed E-state index contributed by atoms with van der Waals surface area (Å²) in [7, 11) is 0. The van der Waals surface area contributed by atoms with E-state index in [0.29, 0.717) is 12.5 Å². The third-order valence-electron chi connectivity index (χ3n) is 2.74. The molecule has 4 nitrogen and oxygen atoms in total. The highest BCUT2D eigenvalue weighted by molar-refractivity contribution is 9.10. The fourth-order valence-electron chi connectivity index (χ4n) is 1.87. The van der Waals surface area contributed by atoms with Gasteiger partial charge in [-0.25, -0.2) is 9.97 Å². The Morgan fingerprint density at radius 2 is 2.33 bits per heavy atom. The maximum absolute atomic E-state index is 5.97. The van der Waals surface area contributed by atoms with Crippen molar-refractivity contribution in [2.45, 2.75) is 13.5 Å². The first kappa shape index (κ1) is 11.7. The smallest absolute Gasteiger partial charge is 0.202 e. The minimum atomic E-state index is 0.503. The van der Waals surface area contributed by atoms with E-state index in [4.69, 9.17) is 5.73 Å². The largest absolute Gasteiger partial charge is 0.369 e. The molecule has 6 heteroatoms. The zero-order chi connectivity index (χ0) is 12.7. The molecular formula is C12H11BrN4S. The van der Waals surface area contributed by atoms with E-state index in [9.17, 15) is 0 Å². The molecule has 92 valence electrons. The average molecular weight is 323 g/mol. The molecule has 18 heavy (non-hydrogen) atoms. The molecule has 0 amide bonds.